The van der Waals surface area contributed by atoms with E-state index < -0.39 is 0 Å². The van der Waals surface area contributed by atoms with Gasteiger partial charge in [0, 0.05) is 43.0 Å². The molecule has 0 saturated heterocycles. The van der Waals surface area contributed by atoms with Crippen LogP contribution in [0.1, 0.15) is 0 Å². The van der Waals surface area contributed by atoms with Gasteiger partial charge in [0.15, 0.2) is 5.13 Å². The van der Waals surface area contributed by atoms with Crippen molar-refractivity contribution < 1.29 is 4.39 Å². The molecule has 0 bridgehead atoms. The van der Waals surface area contributed by atoms with E-state index in [1.54, 1.807) is 12.3 Å². The number of thiophene rings is 1. The Balaban J connectivity index is 1.48. The van der Waals surface area contributed by atoms with Gasteiger partial charge in [-0.25, -0.2) is 4.98 Å². The molecule has 6 aromatic rings. The second-order valence-corrected chi connectivity index (χ2v) is 8.93. The summed E-state index contributed by atoms with van der Waals surface area (Å²) in [5.74, 6) is 0. The highest BCUT2D eigenvalue weighted by molar-refractivity contribution is 7.13. The molecule has 0 fully saturated rings. The smallest absolute Gasteiger partial charge is 0.177 e. The summed E-state index contributed by atoms with van der Waals surface area (Å²) in [7, 11) is 3.96. The van der Waals surface area contributed by atoms with Gasteiger partial charge in [0.1, 0.15) is 11.2 Å². The third-order valence-corrected chi connectivity index (χ3v) is 6.43. The van der Waals surface area contributed by atoms with Crippen LogP contribution in [0.4, 0.5) is 10.1 Å². The quantitative estimate of drug-likeness (QED) is 0.367. The van der Waals surface area contributed by atoms with Gasteiger partial charge in [0.2, 0.25) is 0 Å². The molecule has 6 heterocycles. The molecular weight excluding hydrogens is 437 g/mol. The van der Waals surface area contributed by atoms with Crippen molar-refractivity contribution >= 4 is 39.0 Å². The standard InChI is InChI=1S/C24H18FN7S/c1-32(2)14-9-13(11-26-12-14)16-3-4-18-23(29-16)24(31-30-18)19-10-15-17(28-19)7-8-27-22(15)20-5-6-21(25)33-20/h3-12,28H,1-2H3,(H,30,31). The van der Waals surface area contributed by atoms with Gasteiger partial charge in [-0.15, -0.1) is 11.3 Å². The molecule has 7 nitrogen and oxygen atoms in total. The number of aromatic nitrogens is 6. The lowest BCUT2D eigenvalue weighted by molar-refractivity contribution is 0.657. The van der Waals surface area contributed by atoms with E-state index in [0.29, 0.717) is 5.69 Å². The molecule has 0 unspecified atom stereocenters. The van der Waals surface area contributed by atoms with Crippen molar-refractivity contribution in [3.63, 3.8) is 0 Å². The highest BCUT2D eigenvalue weighted by Crippen LogP contribution is 2.35. The van der Waals surface area contributed by atoms with E-state index in [-0.39, 0.29) is 5.13 Å². The average Bonchev–Trinajstić information content (AvgIpc) is 3.55. The lowest BCUT2D eigenvalue weighted by atomic mass is 10.1. The first-order valence-corrected chi connectivity index (χ1v) is 11.1. The van der Waals surface area contributed by atoms with Gasteiger partial charge in [-0.2, -0.15) is 9.49 Å². The highest BCUT2D eigenvalue weighted by Gasteiger charge is 2.17. The van der Waals surface area contributed by atoms with Crippen LogP contribution in [0.25, 0.3) is 55.2 Å². The van der Waals surface area contributed by atoms with Crippen molar-refractivity contribution in [1.82, 2.24) is 30.1 Å². The fourth-order valence-corrected chi connectivity index (χ4v) is 4.62. The first kappa shape index (κ1) is 19.6. The van der Waals surface area contributed by atoms with Crippen molar-refractivity contribution in [1.29, 1.82) is 0 Å². The van der Waals surface area contributed by atoms with Crippen LogP contribution >= 0.6 is 11.3 Å². The fraction of sp³-hybridized carbons (Fsp3) is 0.0833. The summed E-state index contributed by atoms with van der Waals surface area (Å²) in [6, 6.07) is 13.1. The number of H-pyrrole nitrogens is 2. The summed E-state index contributed by atoms with van der Waals surface area (Å²) in [5.41, 5.74) is 7.50. The first-order valence-electron chi connectivity index (χ1n) is 10.3. The molecule has 0 saturated carbocycles. The lowest BCUT2D eigenvalue weighted by Crippen LogP contribution is -2.08. The molecule has 0 aromatic carbocycles. The van der Waals surface area contributed by atoms with Crippen molar-refractivity contribution in [2.45, 2.75) is 0 Å². The molecular formula is C24H18FN7S. The maximum Gasteiger partial charge on any atom is 0.177 e. The Bertz CT molecular complexity index is 1630. The number of pyridine rings is 3. The summed E-state index contributed by atoms with van der Waals surface area (Å²) in [6.45, 7) is 0. The van der Waals surface area contributed by atoms with Gasteiger partial charge in [0.05, 0.1) is 39.4 Å². The third kappa shape index (κ3) is 3.33. The number of rotatable bonds is 4. The number of anilines is 1. The van der Waals surface area contributed by atoms with Gasteiger partial charge in [-0.05, 0) is 42.5 Å². The zero-order valence-electron chi connectivity index (χ0n) is 17.8. The Morgan fingerprint density at radius 1 is 0.970 bits per heavy atom. The van der Waals surface area contributed by atoms with E-state index in [4.69, 9.17) is 4.98 Å². The molecule has 0 aliphatic heterocycles. The van der Waals surface area contributed by atoms with Crippen molar-refractivity contribution in [3.05, 3.63) is 66.2 Å². The normalized spacial score (nSPS) is 11.5. The molecule has 0 aliphatic rings. The molecule has 6 rings (SSSR count). The maximum atomic E-state index is 13.6. The summed E-state index contributed by atoms with van der Waals surface area (Å²) in [4.78, 5) is 20.0. The lowest BCUT2D eigenvalue weighted by Gasteiger charge is -2.12. The molecule has 0 aliphatic carbocycles. The minimum absolute atomic E-state index is 0.234. The predicted molar refractivity (Wildman–Crippen MR) is 130 cm³/mol. The molecule has 0 amide bonds. The summed E-state index contributed by atoms with van der Waals surface area (Å²) < 4.78 is 13.6. The van der Waals surface area contributed by atoms with Crippen LogP contribution in [0, 0.1) is 5.13 Å². The van der Waals surface area contributed by atoms with Gasteiger partial charge in [-0.3, -0.25) is 15.1 Å². The number of hydrogen-bond donors (Lipinski definition) is 2. The Morgan fingerprint density at radius 2 is 1.88 bits per heavy atom. The third-order valence-electron chi connectivity index (χ3n) is 5.55. The van der Waals surface area contributed by atoms with Crippen LogP contribution in [0.2, 0.25) is 0 Å². The van der Waals surface area contributed by atoms with E-state index in [0.717, 1.165) is 66.5 Å². The topological polar surface area (TPSA) is 86.4 Å². The van der Waals surface area contributed by atoms with Crippen LogP contribution in [0.15, 0.2) is 61.1 Å². The molecule has 162 valence electrons. The number of aromatic amines is 2. The number of fused-ring (bicyclic) bond motifs is 2. The number of hydrogen-bond acceptors (Lipinski definition) is 6. The van der Waals surface area contributed by atoms with E-state index in [1.165, 1.54) is 6.07 Å². The Kier molecular flexibility index (Phi) is 4.44. The first-order chi connectivity index (χ1) is 16.1. The van der Waals surface area contributed by atoms with Crippen LogP contribution in [-0.2, 0) is 0 Å². The molecule has 0 radical (unpaired) electrons. The molecule has 2 N–H and O–H groups in total. The van der Waals surface area contributed by atoms with Crippen LogP contribution < -0.4 is 4.90 Å². The van der Waals surface area contributed by atoms with Crippen LogP contribution in [-0.4, -0.2) is 44.2 Å². The second-order valence-electron chi connectivity index (χ2n) is 7.90. The number of nitrogens with zero attached hydrogens (tertiary/aromatic N) is 5. The van der Waals surface area contributed by atoms with Gasteiger partial charge >= 0.3 is 0 Å². The molecule has 33 heavy (non-hydrogen) atoms. The molecule has 9 heteroatoms. The van der Waals surface area contributed by atoms with Gasteiger partial charge in [0.25, 0.3) is 0 Å². The van der Waals surface area contributed by atoms with Crippen LogP contribution in [0.5, 0.6) is 0 Å². The maximum absolute atomic E-state index is 13.6. The Labute approximate surface area is 192 Å². The summed E-state index contributed by atoms with van der Waals surface area (Å²) >= 11 is 1.08. The predicted octanol–water partition coefficient (Wildman–Crippen LogP) is 5.50. The van der Waals surface area contributed by atoms with Crippen LogP contribution in [0.3, 0.4) is 0 Å². The minimum atomic E-state index is -0.234. The van der Waals surface area contributed by atoms with Crippen molar-refractivity contribution in [3.8, 4) is 33.2 Å². The summed E-state index contributed by atoms with van der Waals surface area (Å²) in [5, 5.41) is 8.27. The van der Waals surface area contributed by atoms with Gasteiger partial charge in [-0.1, -0.05) is 0 Å². The zero-order valence-corrected chi connectivity index (χ0v) is 18.6. The number of halogens is 1. The summed E-state index contributed by atoms with van der Waals surface area (Å²) in [6.07, 6.45) is 5.35. The largest absolute Gasteiger partial charge is 0.376 e. The molecule has 0 atom stereocenters. The van der Waals surface area contributed by atoms with Crippen molar-refractivity contribution in [2.24, 2.45) is 0 Å². The van der Waals surface area contributed by atoms with E-state index >= 15 is 0 Å². The number of nitrogens with one attached hydrogen (secondary N) is 2. The Morgan fingerprint density at radius 3 is 2.70 bits per heavy atom. The van der Waals surface area contributed by atoms with Crippen molar-refractivity contribution in [2.75, 3.05) is 19.0 Å². The van der Waals surface area contributed by atoms with E-state index in [9.17, 15) is 4.39 Å². The van der Waals surface area contributed by atoms with E-state index in [2.05, 4.69) is 31.2 Å². The Hall–Kier alpha value is -4.11. The molecule has 6 aromatic heterocycles. The molecule has 0 spiro atoms. The average molecular weight is 456 g/mol. The second kappa shape index (κ2) is 7.49. The minimum Gasteiger partial charge on any atom is -0.376 e. The van der Waals surface area contributed by atoms with E-state index in [1.807, 2.05) is 55.7 Å². The van der Waals surface area contributed by atoms with Gasteiger partial charge < -0.3 is 9.88 Å². The SMILES string of the molecule is CN(C)c1cncc(-c2ccc3[nH]nc(-c4cc5c(-c6ccc(F)s6)nccc5[nH]4)c3n2)c1. The highest BCUT2D eigenvalue weighted by atomic mass is 32.1. The fourth-order valence-electron chi connectivity index (χ4n) is 3.88. The monoisotopic (exact) mass is 455 g/mol. The zero-order chi connectivity index (χ0) is 22.5.